The minimum absolute atomic E-state index is 0.238. The largest absolute Gasteiger partial charge is 0.399 e. The number of anilines is 1. The highest BCUT2D eigenvalue weighted by atomic mass is 32.2. The molecule has 0 aliphatic carbocycles. The lowest BCUT2D eigenvalue weighted by atomic mass is 10.1. The molecule has 0 saturated carbocycles. The SMILES string of the molecule is C=CCN(C(C)(C)C)S(=O)(=O)c1c[nH]c2ccc(N)cc12. The van der Waals surface area contributed by atoms with Gasteiger partial charge in [0.05, 0.1) is 0 Å². The van der Waals surface area contributed by atoms with E-state index in [1.807, 2.05) is 20.8 Å². The van der Waals surface area contributed by atoms with Crippen molar-refractivity contribution in [2.24, 2.45) is 0 Å². The van der Waals surface area contributed by atoms with Gasteiger partial charge in [-0.3, -0.25) is 0 Å². The minimum atomic E-state index is -3.65. The number of fused-ring (bicyclic) bond motifs is 1. The number of sulfonamides is 1. The average molecular weight is 307 g/mol. The third kappa shape index (κ3) is 2.82. The Kier molecular flexibility index (Phi) is 3.86. The van der Waals surface area contributed by atoms with Gasteiger partial charge in [-0.05, 0) is 39.0 Å². The molecule has 1 aromatic carbocycles. The van der Waals surface area contributed by atoms with E-state index in [-0.39, 0.29) is 11.4 Å². The number of aromatic nitrogens is 1. The number of nitrogens with one attached hydrogen (secondary N) is 1. The van der Waals surface area contributed by atoms with Gasteiger partial charge in [-0.2, -0.15) is 4.31 Å². The van der Waals surface area contributed by atoms with Crippen LogP contribution in [0.1, 0.15) is 20.8 Å². The van der Waals surface area contributed by atoms with Crippen LogP contribution in [0.15, 0.2) is 41.9 Å². The van der Waals surface area contributed by atoms with E-state index in [9.17, 15) is 8.42 Å². The molecule has 2 rings (SSSR count). The Bertz CT molecular complexity index is 770. The molecule has 0 amide bonds. The summed E-state index contributed by atoms with van der Waals surface area (Å²) in [6.45, 7) is 9.48. The van der Waals surface area contributed by atoms with Crippen LogP contribution in [0.4, 0.5) is 5.69 Å². The van der Waals surface area contributed by atoms with E-state index in [1.54, 1.807) is 24.3 Å². The quantitative estimate of drug-likeness (QED) is 0.673. The molecule has 0 spiro atoms. The van der Waals surface area contributed by atoms with Crippen molar-refractivity contribution < 1.29 is 8.42 Å². The molecular weight excluding hydrogens is 286 g/mol. The third-order valence-electron chi connectivity index (χ3n) is 3.28. The van der Waals surface area contributed by atoms with Crippen LogP contribution in [-0.2, 0) is 10.0 Å². The van der Waals surface area contributed by atoms with Crippen LogP contribution in [-0.4, -0.2) is 29.8 Å². The standard InChI is InChI=1S/C15H21N3O2S/c1-5-8-18(15(2,3)4)21(19,20)14-10-17-13-7-6-11(16)9-12(13)14/h5-7,9-10,17H,1,8,16H2,2-4H3. The second-order valence-electron chi connectivity index (χ2n) is 5.95. The molecule has 2 aromatic rings. The molecule has 0 bridgehead atoms. The van der Waals surface area contributed by atoms with Crippen molar-refractivity contribution >= 4 is 26.6 Å². The van der Waals surface area contributed by atoms with Crippen LogP contribution in [0.5, 0.6) is 0 Å². The number of rotatable bonds is 4. The molecule has 21 heavy (non-hydrogen) atoms. The first kappa shape index (κ1) is 15.6. The molecule has 114 valence electrons. The number of H-pyrrole nitrogens is 1. The lowest BCUT2D eigenvalue weighted by molar-refractivity contribution is 0.270. The molecule has 3 N–H and O–H groups in total. The summed E-state index contributed by atoms with van der Waals surface area (Å²) in [5.74, 6) is 0. The Morgan fingerprint density at radius 2 is 2.05 bits per heavy atom. The van der Waals surface area contributed by atoms with E-state index in [0.29, 0.717) is 11.1 Å². The predicted molar refractivity (Wildman–Crippen MR) is 86.6 cm³/mol. The van der Waals surface area contributed by atoms with Crippen molar-refractivity contribution in [1.29, 1.82) is 0 Å². The number of benzene rings is 1. The monoisotopic (exact) mass is 307 g/mol. The maximum Gasteiger partial charge on any atom is 0.245 e. The molecule has 0 saturated heterocycles. The molecule has 0 unspecified atom stereocenters. The van der Waals surface area contributed by atoms with Crippen LogP contribution < -0.4 is 5.73 Å². The van der Waals surface area contributed by atoms with Crippen LogP contribution in [0.2, 0.25) is 0 Å². The van der Waals surface area contributed by atoms with Crippen molar-refractivity contribution in [2.75, 3.05) is 12.3 Å². The number of nitrogens with two attached hydrogens (primary N) is 1. The number of nitrogen functional groups attached to an aromatic ring is 1. The predicted octanol–water partition coefficient (Wildman–Crippen LogP) is 2.73. The zero-order valence-electron chi connectivity index (χ0n) is 12.6. The van der Waals surface area contributed by atoms with E-state index in [4.69, 9.17) is 5.73 Å². The number of nitrogens with zero attached hydrogens (tertiary/aromatic N) is 1. The summed E-state index contributed by atoms with van der Waals surface area (Å²) >= 11 is 0. The van der Waals surface area contributed by atoms with Crippen LogP contribution >= 0.6 is 0 Å². The third-order valence-corrected chi connectivity index (χ3v) is 5.45. The van der Waals surface area contributed by atoms with E-state index in [2.05, 4.69) is 11.6 Å². The van der Waals surface area contributed by atoms with E-state index in [0.717, 1.165) is 5.52 Å². The summed E-state index contributed by atoms with van der Waals surface area (Å²) in [6, 6.07) is 5.19. The summed E-state index contributed by atoms with van der Waals surface area (Å²) in [6.07, 6.45) is 3.10. The molecule has 0 radical (unpaired) electrons. The summed E-state index contributed by atoms with van der Waals surface area (Å²) in [7, 11) is -3.65. The Hall–Kier alpha value is -1.79. The van der Waals surface area contributed by atoms with Gasteiger partial charge in [0, 0.05) is 34.9 Å². The highest BCUT2D eigenvalue weighted by Gasteiger charge is 2.34. The maximum absolute atomic E-state index is 13.0. The van der Waals surface area contributed by atoms with Gasteiger partial charge in [-0.1, -0.05) is 6.08 Å². The average Bonchev–Trinajstić information content (AvgIpc) is 2.77. The van der Waals surface area contributed by atoms with E-state index in [1.165, 1.54) is 10.5 Å². The normalized spacial score (nSPS) is 13.0. The maximum atomic E-state index is 13.0. The molecule has 0 aliphatic rings. The fraction of sp³-hybridized carbons (Fsp3) is 0.333. The van der Waals surface area contributed by atoms with Gasteiger partial charge in [-0.15, -0.1) is 6.58 Å². The van der Waals surface area contributed by atoms with Crippen molar-refractivity contribution in [2.45, 2.75) is 31.2 Å². The van der Waals surface area contributed by atoms with Crippen molar-refractivity contribution in [3.8, 4) is 0 Å². The summed E-state index contributed by atoms with van der Waals surface area (Å²) < 4.78 is 27.4. The zero-order chi connectivity index (χ0) is 15.8. The molecule has 6 heteroatoms. The summed E-state index contributed by atoms with van der Waals surface area (Å²) in [4.78, 5) is 3.22. The van der Waals surface area contributed by atoms with Crippen molar-refractivity contribution in [3.63, 3.8) is 0 Å². The van der Waals surface area contributed by atoms with Crippen LogP contribution in [0, 0.1) is 0 Å². The lowest BCUT2D eigenvalue weighted by Gasteiger charge is -2.33. The van der Waals surface area contributed by atoms with Gasteiger partial charge in [0.25, 0.3) is 0 Å². The molecular formula is C15H21N3O2S. The molecule has 0 atom stereocenters. The van der Waals surface area contributed by atoms with Gasteiger partial charge >= 0.3 is 0 Å². The number of aromatic amines is 1. The summed E-state index contributed by atoms with van der Waals surface area (Å²) in [5, 5.41) is 0.605. The molecule has 1 aromatic heterocycles. The lowest BCUT2D eigenvalue weighted by Crippen LogP contribution is -2.45. The van der Waals surface area contributed by atoms with Crippen LogP contribution in [0.3, 0.4) is 0 Å². The van der Waals surface area contributed by atoms with E-state index < -0.39 is 15.6 Å². The van der Waals surface area contributed by atoms with Gasteiger partial charge in [0.1, 0.15) is 4.90 Å². The Balaban J connectivity index is 2.65. The van der Waals surface area contributed by atoms with Crippen molar-refractivity contribution in [1.82, 2.24) is 9.29 Å². The molecule has 0 fully saturated rings. The molecule has 0 aliphatic heterocycles. The van der Waals surface area contributed by atoms with Crippen LogP contribution in [0.25, 0.3) is 10.9 Å². The smallest absolute Gasteiger partial charge is 0.245 e. The Morgan fingerprint density at radius 3 is 2.62 bits per heavy atom. The molecule has 1 heterocycles. The topological polar surface area (TPSA) is 79.2 Å². The van der Waals surface area contributed by atoms with Gasteiger partial charge in [0.2, 0.25) is 10.0 Å². The fourth-order valence-electron chi connectivity index (χ4n) is 2.29. The second kappa shape index (κ2) is 5.20. The first-order chi connectivity index (χ1) is 9.67. The first-order valence-corrected chi connectivity index (χ1v) is 8.12. The Morgan fingerprint density at radius 1 is 1.38 bits per heavy atom. The number of hydrogen-bond acceptors (Lipinski definition) is 3. The Labute approximate surface area is 125 Å². The second-order valence-corrected chi connectivity index (χ2v) is 7.78. The fourth-order valence-corrected chi connectivity index (χ4v) is 4.21. The molecule has 5 nitrogen and oxygen atoms in total. The number of hydrogen-bond donors (Lipinski definition) is 2. The summed E-state index contributed by atoms with van der Waals surface area (Å²) in [5.41, 5.74) is 6.51. The van der Waals surface area contributed by atoms with Crippen molar-refractivity contribution in [3.05, 3.63) is 37.1 Å². The van der Waals surface area contributed by atoms with E-state index >= 15 is 0 Å². The van der Waals surface area contributed by atoms with Gasteiger partial charge in [-0.25, -0.2) is 8.42 Å². The van der Waals surface area contributed by atoms with Gasteiger partial charge < -0.3 is 10.7 Å². The highest BCUT2D eigenvalue weighted by Crippen LogP contribution is 2.30. The zero-order valence-corrected chi connectivity index (χ0v) is 13.4. The highest BCUT2D eigenvalue weighted by molar-refractivity contribution is 7.89. The minimum Gasteiger partial charge on any atom is -0.399 e. The first-order valence-electron chi connectivity index (χ1n) is 6.68. The van der Waals surface area contributed by atoms with Gasteiger partial charge in [0.15, 0.2) is 0 Å².